The minimum absolute atomic E-state index is 0.0461. The van der Waals surface area contributed by atoms with Crippen molar-refractivity contribution < 1.29 is 13.2 Å². The monoisotopic (exact) mass is 324 g/mol. The average Bonchev–Trinajstić information content (AvgIpc) is 3.07. The van der Waals surface area contributed by atoms with Crippen LogP contribution in [0.3, 0.4) is 0 Å². The smallest absolute Gasteiger partial charge is 0.306 e. The van der Waals surface area contributed by atoms with E-state index in [1.807, 2.05) is 16.9 Å². The van der Waals surface area contributed by atoms with Crippen molar-refractivity contribution >= 4 is 0 Å². The highest BCUT2D eigenvalue weighted by Crippen LogP contribution is 2.32. The highest BCUT2D eigenvalue weighted by Gasteiger charge is 2.34. The molecule has 0 spiro atoms. The predicted molar refractivity (Wildman–Crippen MR) is 79.6 cm³/mol. The summed E-state index contributed by atoms with van der Waals surface area (Å²) in [5.74, 6) is 0. The van der Waals surface area contributed by atoms with E-state index in [4.69, 9.17) is 0 Å². The largest absolute Gasteiger partial charge is 0.418 e. The van der Waals surface area contributed by atoms with Gasteiger partial charge in [-0.3, -0.25) is 9.67 Å². The number of aromatic nitrogens is 3. The van der Waals surface area contributed by atoms with Gasteiger partial charge in [0.25, 0.3) is 0 Å². The Bertz CT molecular complexity index is 625. The van der Waals surface area contributed by atoms with E-state index in [0.29, 0.717) is 0 Å². The maximum atomic E-state index is 13.0. The van der Waals surface area contributed by atoms with Crippen LogP contribution in [0.2, 0.25) is 0 Å². The molecule has 4 nitrogen and oxygen atoms in total. The van der Waals surface area contributed by atoms with Crippen molar-refractivity contribution in [3.63, 3.8) is 0 Å². The summed E-state index contributed by atoms with van der Waals surface area (Å²) < 4.78 is 41.0. The van der Waals surface area contributed by atoms with Crippen molar-refractivity contribution in [1.29, 1.82) is 0 Å². The summed E-state index contributed by atoms with van der Waals surface area (Å²) in [5.41, 5.74) is -0.622. The minimum atomic E-state index is -4.38. The Kier molecular flexibility index (Phi) is 4.66. The van der Waals surface area contributed by atoms with Crippen molar-refractivity contribution in [2.75, 3.05) is 0 Å². The fourth-order valence-corrected chi connectivity index (χ4v) is 3.21. The lowest BCUT2D eigenvalue weighted by atomic mass is 9.90. The Hall–Kier alpha value is -1.89. The third-order valence-corrected chi connectivity index (χ3v) is 4.32. The SMILES string of the molecule is FC(F)(F)c1cccnc1CN[C@@H]1CCCC[C@@H]1n1cccn1. The number of alkyl halides is 3. The van der Waals surface area contributed by atoms with Gasteiger partial charge in [-0.1, -0.05) is 12.8 Å². The summed E-state index contributed by atoms with van der Waals surface area (Å²) in [6.07, 6.45) is 4.76. The molecule has 0 saturated heterocycles. The number of rotatable bonds is 4. The summed E-state index contributed by atoms with van der Waals surface area (Å²) in [4.78, 5) is 3.91. The zero-order chi connectivity index (χ0) is 16.3. The van der Waals surface area contributed by atoms with Gasteiger partial charge in [-0.15, -0.1) is 0 Å². The highest BCUT2D eigenvalue weighted by atomic mass is 19.4. The molecule has 0 radical (unpaired) electrons. The van der Waals surface area contributed by atoms with Crippen molar-refractivity contribution in [1.82, 2.24) is 20.1 Å². The lowest BCUT2D eigenvalue weighted by molar-refractivity contribution is -0.138. The quantitative estimate of drug-likeness (QED) is 0.935. The van der Waals surface area contributed by atoms with Crippen LogP contribution in [0.25, 0.3) is 0 Å². The molecule has 1 N–H and O–H groups in total. The summed E-state index contributed by atoms with van der Waals surface area (Å²) >= 11 is 0. The lowest BCUT2D eigenvalue weighted by Crippen LogP contribution is -2.40. The van der Waals surface area contributed by atoms with Crippen molar-refractivity contribution in [2.24, 2.45) is 0 Å². The molecule has 0 unspecified atom stereocenters. The zero-order valence-electron chi connectivity index (χ0n) is 12.6. The van der Waals surface area contributed by atoms with Crippen molar-refractivity contribution in [3.05, 3.63) is 48.0 Å². The van der Waals surface area contributed by atoms with Crippen LogP contribution in [0.1, 0.15) is 43.0 Å². The topological polar surface area (TPSA) is 42.7 Å². The first kappa shape index (κ1) is 16.0. The maximum absolute atomic E-state index is 13.0. The minimum Gasteiger partial charge on any atom is -0.306 e. The van der Waals surface area contributed by atoms with Gasteiger partial charge in [-0.2, -0.15) is 18.3 Å². The number of hydrogen-bond acceptors (Lipinski definition) is 3. The molecule has 0 aromatic carbocycles. The average molecular weight is 324 g/mol. The van der Waals surface area contributed by atoms with E-state index >= 15 is 0 Å². The second kappa shape index (κ2) is 6.70. The van der Waals surface area contributed by atoms with Gasteiger partial charge in [0, 0.05) is 31.2 Å². The summed E-state index contributed by atoms with van der Waals surface area (Å²) in [5, 5.41) is 7.55. The number of hydrogen-bond donors (Lipinski definition) is 1. The number of nitrogens with one attached hydrogen (secondary N) is 1. The second-order valence-electron chi connectivity index (χ2n) is 5.82. The molecule has 7 heteroatoms. The Balaban J connectivity index is 1.72. The van der Waals surface area contributed by atoms with E-state index in [9.17, 15) is 13.2 Å². The van der Waals surface area contributed by atoms with Gasteiger partial charge >= 0.3 is 6.18 Å². The molecule has 1 fully saturated rings. The maximum Gasteiger partial charge on any atom is 0.418 e. The normalized spacial score (nSPS) is 22.2. The number of nitrogens with zero attached hydrogens (tertiary/aromatic N) is 3. The molecule has 2 atom stereocenters. The molecule has 2 aromatic heterocycles. The van der Waals surface area contributed by atoms with Crippen LogP contribution in [-0.2, 0) is 12.7 Å². The molecular formula is C16H19F3N4. The van der Waals surface area contributed by atoms with Crippen LogP contribution in [0.4, 0.5) is 13.2 Å². The third kappa shape index (κ3) is 3.72. The van der Waals surface area contributed by atoms with Crippen LogP contribution in [0, 0.1) is 0 Å². The molecule has 1 saturated carbocycles. The van der Waals surface area contributed by atoms with Crippen LogP contribution < -0.4 is 5.32 Å². The molecule has 2 aromatic rings. The van der Waals surface area contributed by atoms with Gasteiger partial charge in [0.2, 0.25) is 0 Å². The Labute approximate surface area is 132 Å². The Morgan fingerprint density at radius 3 is 2.74 bits per heavy atom. The molecule has 0 aliphatic heterocycles. The fourth-order valence-electron chi connectivity index (χ4n) is 3.21. The van der Waals surface area contributed by atoms with E-state index in [1.165, 1.54) is 12.3 Å². The van der Waals surface area contributed by atoms with Crippen LogP contribution in [0.15, 0.2) is 36.8 Å². The van der Waals surface area contributed by atoms with Crippen LogP contribution in [-0.4, -0.2) is 20.8 Å². The van der Waals surface area contributed by atoms with Crippen LogP contribution in [0.5, 0.6) is 0 Å². The van der Waals surface area contributed by atoms with Gasteiger partial charge in [0.1, 0.15) is 0 Å². The Morgan fingerprint density at radius 1 is 1.17 bits per heavy atom. The van der Waals surface area contributed by atoms with E-state index in [1.54, 1.807) is 6.20 Å². The van der Waals surface area contributed by atoms with Gasteiger partial charge < -0.3 is 5.32 Å². The molecule has 0 amide bonds. The zero-order valence-corrected chi connectivity index (χ0v) is 12.6. The van der Waals surface area contributed by atoms with E-state index in [2.05, 4.69) is 15.4 Å². The molecule has 3 rings (SSSR count). The first-order valence-electron chi connectivity index (χ1n) is 7.79. The van der Waals surface area contributed by atoms with Gasteiger partial charge in [0.05, 0.1) is 17.3 Å². The third-order valence-electron chi connectivity index (χ3n) is 4.32. The van der Waals surface area contributed by atoms with Gasteiger partial charge in [-0.05, 0) is 31.0 Å². The lowest BCUT2D eigenvalue weighted by Gasteiger charge is -2.32. The van der Waals surface area contributed by atoms with Crippen LogP contribution >= 0.6 is 0 Å². The Morgan fingerprint density at radius 2 is 2.00 bits per heavy atom. The molecule has 0 bridgehead atoms. The molecule has 1 aliphatic carbocycles. The highest BCUT2D eigenvalue weighted by molar-refractivity contribution is 5.23. The van der Waals surface area contributed by atoms with Gasteiger partial charge in [0.15, 0.2) is 0 Å². The summed E-state index contributed by atoms with van der Waals surface area (Å²) in [6, 6.07) is 4.55. The van der Waals surface area contributed by atoms with E-state index in [-0.39, 0.29) is 24.3 Å². The molecule has 2 heterocycles. The first-order valence-corrected chi connectivity index (χ1v) is 7.79. The second-order valence-corrected chi connectivity index (χ2v) is 5.82. The molecule has 1 aliphatic rings. The molecule has 124 valence electrons. The fraction of sp³-hybridized carbons (Fsp3) is 0.500. The molecule has 23 heavy (non-hydrogen) atoms. The van der Waals surface area contributed by atoms with Crippen molar-refractivity contribution in [3.8, 4) is 0 Å². The summed E-state index contributed by atoms with van der Waals surface area (Å²) in [7, 11) is 0. The number of halogens is 3. The molecular weight excluding hydrogens is 305 g/mol. The predicted octanol–water partition coefficient (Wildman–Crippen LogP) is 3.57. The first-order chi connectivity index (χ1) is 11.1. The van der Waals surface area contributed by atoms with Crippen molar-refractivity contribution in [2.45, 2.75) is 50.5 Å². The van der Waals surface area contributed by atoms with E-state index in [0.717, 1.165) is 31.7 Å². The standard InChI is InChI=1S/C16H19F3N4/c17-16(18,19)12-5-3-8-20-14(12)11-21-13-6-1-2-7-15(13)23-10-4-9-22-23/h3-5,8-10,13,15,21H,1-2,6-7,11H2/t13-,15+/m1/s1. The van der Waals surface area contributed by atoms with Gasteiger partial charge in [-0.25, -0.2) is 0 Å². The van der Waals surface area contributed by atoms with E-state index < -0.39 is 11.7 Å². The summed E-state index contributed by atoms with van der Waals surface area (Å²) in [6.45, 7) is 0.109. The number of pyridine rings is 1.